The van der Waals surface area contributed by atoms with Gasteiger partial charge in [0, 0.05) is 22.1 Å². The van der Waals surface area contributed by atoms with Crippen molar-refractivity contribution in [3.05, 3.63) is 70.2 Å². The zero-order valence-corrected chi connectivity index (χ0v) is 12.7. The molecule has 0 atom stereocenters. The maximum atomic E-state index is 5.96. The summed E-state index contributed by atoms with van der Waals surface area (Å²) < 4.78 is 0. The van der Waals surface area contributed by atoms with Crippen LogP contribution in [0.5, 0.6) is 0 Å². The first-order valence-corrected chi connectivity index (χ1v) is 7.80. The SMILES string of the molecule is NC(=S)c1cccc(CSCc2cccc(Cl)c2)c1. The Kier molecular flexibility index (Phi) is 5.25. The fraction of sp³-hybridized carbons (Fsp3) is 0.133. The Morgan fingerprint density at radius 3 is 2.32 bits per heavy atom. The summed E-state index contributed by atoms with van der Waals surface area (Å²) >= 11 is 12.8. The van der Waals surface area contributed by atoms with Crippen molar-refractivity contribution in [2.45, 2.75) is 11.5 Å². The summed E-state index contributed by atoms with van der Waals surface area (Å²) in [6.45, 7) is 0. The van der Waals surface area contributed by atoms with E-state index in [1.165, 1.54) is 11.1 Å². The number of thiocarbonyl (C=S) groups is 1. The molecule has 0 amide bonds. The Balaban J connectivity index is 1.92. The predicted molar refractivity (Wildman–Crippen MR) is 88.8 cm³/mol. The van der Waals surface area contributed by atoms with Crippen molar-refractivity contribution < 1.29 is 0 Å². The summed E-state index contributed by atoms with van der Waals surface area (Å²) in [4.78, 5) is 0.446. The molecular formula is C15H14ClNS2. The lowest BCUT2D eigenvalue weighted by molar-refractivity contribution is 1.36. The standard InChI is InChI=1S/C15H14ClNS2/c16-14-6-2-4-12(8-14)10-19-9-11-3-1-5-13(7-11)15(17)18/h1-8H,9-10H2,(H2,17,18). The van der Waals surface area contributed by atoms with Crippen LogP contribution in [0.25, 0.3) is 0 Å². The van der Waals surface area contributed by atoms with E-state index in [9.17, 15) is 0 Å². The normalized spacial score (nSPS) is 10.4. The lowest BCUT2D eigenvalue weighted by Gasteiger charge is -2.05. The molecule has 0 aliphatic carbocycles. The van der Waals surface area contributed by atoms with Gasteiger partial charge >= 0.3 is 0 Å². The molecule has 2 rings (SSSR count). The van der Waals surface area contributed by atoms with Gasteiger partial charge in [-0.15, -0.1) is 0 Å². The summed E-state index contributed by atoms with van der Waals surface area (Å²) in [6.07, 6.45) is 0. The average Bonchev–Trinajstić information content (AvgIpc) is 2.39. The van der Waals surface area contributed by atoms with E-state index in [4.69, 9.17) is 29.6 Å². The van der Waals surface area contributed by atoms with Crippen molar-refractivity contribution in [3.63, 3.8) is 0 Å². The van der Waals surface area contributed by atoms with Crippen molar-refractivity contribution in [2.24, 2.45) is 5.73 Å². The molecule has 98 valence electrons. The molecule has 0 fully saturated rings. The third-order valence-electron chi connectivity index (χ3n) is 2.64. The van der Waals surface area contributed by atoms with Gasteiger partial charge in [-0.2, -0.15) is 11.8 Å². The van der Waals surface area contributed by atoms with Gasteiger partial charge in [-0.25, -0.2) is 0 Å². The molecule has 19 heavy (non-hydrogen) atoms. The zero-order chi connectivity index (χ0) is 13.7. The minimum absolute atomic E-state index is 0.446. The highest BCUT2D eigenvalue weighted by atomic mass is 35.5. The van der Waals surface area contributed by atoms with Crippen molar-refractivity contribution in [1.29, 1.82) is 0 Å². The molecule has 1 nitrogen and oxygen atoms in total. The quantitative estimate of drug-likeness (QED) is 0.829. The van der Waals surface area contributed by atoms with Gasteiger partial charge in [-0.3, -0.25) is 0 Å². The molecule has 0 saturated carbocycles. The van der Waals surface area contributed by atoms with Gasteiger partial charge in [0.2, 0.25) is 0 Å². The third-order valence-corrected chi connectivity index (χ3v) is 4.18. The number of hydrogen-bond donors (Lipinski definition) is 1. The molecule has 0 unspecified atom stereocenters. The average molecular weight is 308 g/mol. The minimum Gasteiger partial charge on any atom is -0.389 e. The topological polar surface area (TPSA) is 26.0 Å². The molecule has 0 aliphatic heterocycles. The molecule has 2 N–H and O–H groups in total. The van der Waals surface area contributed by atoms with Crippen LogP contribution in [0.15, 0.2) is 48.5 Å². The lowest BCUT2D eigenvalue weighted by atomic mass is 10.1. The molecule has 0 aliphatic rings. The lowest BCUT2D eigenvalue weighted by Crippen LogP contribution is -2.09. The van der Waals surface area contributed by atoms with E-state index in [0.29, 0.717) is 4.99 Å². The van der Waals surface area contributed by atoms with Gasteiger partial charge in [0.15, 0.2) is 0 Å². The summed E-state index contributed by atoms with van der Waals surface area (Å²) in [6, 6.07) is 16.0. The largest absolute Gasteiger partial charge is 0.389 e. The van der Waals surface area contributed by atoms with Gasteiger partial charge < -0.3 is 5.73 Å². The van der Waals surface area contributed by atoms with E-state index in [-0.39, 0.29) is 0 Å². The highest BCUT2D eigenvalue weighted by molar-refractivity contribution is 7.97. The Hall–Kier alpha value is -1.03. The number of nitrogens with two attached hydrogens (primary N) is 1. The van der Waals surface area contributed by atoms with Crippen molar-refractivity contribution in [1.82, 2.24) is 0 Å². The van der Waals surface area contributed by atoms with Crippen LogP contribution in [0, 0.1) is 0 Å². The van der Waals surface area contributed by atoms with Crippen LogP contribution in [-0.2, 0) is 11.5 Å². The maximum absolute atomic E-state index is 5.96. The van der Waals surface area contributed by atoms with Crippen LogP contribution in [0.2, 0.25) is 5.02 Å². The number of thioether (sulfide) groups is 1. The second kappa shape index (κ2) is 6.94. The second-order valence-electron chi connectivity index (χ2n) is 4.19. The molecule has 0 radical (unpaired) electrons. The van der Waals surface area contributed by atoms with Gasteiger partial charge in [0.1, 0.15) is 4.99 Å². The van der Waals surface area contributed by atoms with E-state index in [1.54, 1.807) is 0 Å². The Labute approximate surface area is 128 Å². The van der Waals surface area contributed by atoms with Gasteiger partial charge in [-0.1, -0.05) is 54.2 Å². The minimum atomic E-state index is 0.446. The van der Waals surface area contributed by atoms with Crippen LogP contribution < -0.4 is 5.73 Å². The molecule has 2 aromatic rings. The first-order chi connectivity index (χ1) is 9.15. The highest BCUT2D eigenvalue weighted by Crippen LogP contribution is 2.20. The van der Waals surface area contributed by atoms with Crippen LogP contribution in [0.3, 0.4) is 0 Å². The van der Waals surface area contributed by atoms with Crippen molar-refractivity contribution in [2.75, 3.05) is 0 Å². The Bertz CT molecular complexity index is 584. The summed E-state index contributed by atoms with van der Waals surface area (Å²) in [5, 5.41) is 0.786. The van der Waals surface area contributed by atoms with Gasteiger partial charge in [0.25, 0.3) is 0 Å². The fourth-order valence-corrected chi connectivity index (χ4v) is 3.00. The maximum Gasteiger partial charge on any atom is 0.103 e. The van der Waals surface area contributed by atoms with Crippen molar-refractivity contribution in [3.8, 4) is 0 Å². The summed E-state index contributed by atoms with van der Waals surface area (Å²) in [7, 11) is 0. The predicted octanol–water partition coefficient (Wildman–Crippen LogP) is 4.41. The fourth-order valence-electron chi connectivity index (χ4n) is 1.73. The molecule has 0 saturated heterocycles. The molecule has 0 bridgehead atoms. The second-order valence-corrected chi connectivity index (χ2v) is 6.05. The van der Waals surface area contributed by atoms with E-state index in [2.05, 4.69) is 12.1 Å². The number of hydrogen-bond acceptors (Lipinski definition) is 2. The van der Waals surface area contributed by atoms with Crippen LogP contribution in [-0.4, -0.2) is 4.99 Å². The monoisotopic (exact) mass is 307 g/mol. The smallest absolute Gasteiger partial charge is 0.103 e. The van der Waals surface area contributed by atoms with E-state index in [0.717, 1.165) is 22.1 Å². The zero-order valence-electron chi connectivity index (χ0n) is 10.3. The van der Waals surface area contributed by atoms with Crippen molar-refractivity contribution >= 4 is 40.6 Å². The van der Waals surface area contributed by atoms with Crippen LogP contribution in [0.4, 0.5) is 0 Å². The molecule has 0 heterocycles. The molecule has 4 heteroatoms. The van der Waals surface area contributed by atoms with Crippen LogP contribution >= 0.6 is 35.6 Å². The number of halogens is 1. The first kappa shape index (κ1) is 14.4. The Morgan fingerprint density at radius 2 is 1.68 bits per heavy atom. The van der Waals surface area contributed by atoms with Gasteiger partial charge in [0.05, 0.1) is 0 Å². The highest BCUT2D eigenvalue weighted by Gasteiger charge is 2.00. The molecular weight excluding hydrogens is 294 g/mol. The molecule has 0 spiro atoms. The van der Waals surface area contributed by atoms with E-state index >= 15 is 0 Å². The summed E-state index contributed by atoms with van der Waals surface area (Å²) in [5.74, 6) is 1.88. The molecule has 0 aromatic heterocycles. The summed E-state index contributed by atoms with van der Waals surface area (Å²) in [5.41, 5.74) is 9.03. The van der Waals surface area contributed by atoms with Crippen LogP contribution in [0.1, 0.15) is 16.7 Å². The number of rotatable bonds is 5. The molecule has 2 aromatic carbocycles. The number of benzene rings is 2. The van der Waals surface area contributed by atoms with Gasteiger partial charge in [-0.05, 0) is 29.3 Å². The van der Waals surface area contributed by atoms with E-state index < -0.39 is 0 Å². The Morgan fingerprint density at radius 1 is 1.05 bits per heavy atom. The third kappa shape index (κ3) is 4.53. The van der Waals surface area contributed by atoms with E-state index in [1.807, 2.05) is 48.2 Å². The first-order valence-electron chi connectivity index (χ1n) is 5.86.